The van der Waals surface area contributed by atoms with Gasteiger partial charge in [-0.25, -0.2) is 0 Å². The summed E-state index contributed by atoms with van der Waals surface area (Å²) < 4.78 is 37.8. The van der Waals surface area contributed by atoms with E-state index in [0.29, 0.717) is 11.1 Å². The lowest BCUT2D eigenvalue weighted by Gasteiger charge is -2.09. The Hall–Kier alpha value is -1.65. The topological polar surface area (TPSA) is 25.8 Å². The number of fused-ring (bicyclic) bond motifs is 1. The summed E-state index contributed by atoms with van der Waals surface area (Å²) >= 11 is 0. The van der Waals surface area contributed by atoms with Crippen molar-refractivity contribution >= 4 is 10.8 Å². The van der Waals surface area contributed by atoms with Gasteiger partial charge in [0, 0.05) is 10.8 Å². The van der Waals surface area contributed by atoms with Crippen LogP contribution in [0.1, 0.15) is 39.0 Å². The van der Waals surface area contributed by atoms with Crippen LogP contribution in [0.15, 0.2) is 24.4 Å². The summed E-state index contributed by atoms with van der Waals surface area (Å²) in [6.07, 6.45) is -3.21. The van der Waals surface area contributed by atoms with E-state index in [1.807, 2.05) is 27.7 Å². The highest BCUT2D eigenvalue weighted by Gasteiger charge is 2.32. The highest BCUT2D eigenvalue weighted by atomic mass is 19.4. The number of benzene rings is 1. The quantitative estimate of drug-likeness (QED) is 0.673. The Morgan fingerprint density at radius 3 is 2.05 bits per heavy atom. The van der Waals surface area contributed by atoms with Crippen molar-refractivity contribution in [2.24, 2.45) is 0 Å². The molecule has 0 unspecified atom stereocenters. The van der Waals surface area contributed by atoms with E-state index >= 15 is 0 Å². The van der Waals surface area contributed by atoms with Crippen molar-refractivity contribution in [1.29, 1.82) is 0 Å². The largest absolute Gasteiger partial charge is 0.417 e. The van der Waals surface area contributed by atoms with Crippen molar-refractivity contribution in [2.45, 2.75) is 40.8 Å². The molecule has 0 bridgehead atoms. The first-order valence-electron chi connectivity index (χ1n) is 6.28. The molecule has 19 heavy (non-hydrogen) atoms. The van der Waals surface area contributed by atoms with E-state index in [-0.39, 0.29) is 5.39 Å². The zero-order valence-electron chi connectivity index (χ0n) is 11.8. The number of nitrogens with zero attached hydrogens (tertiary/aromatic N) is 2. The average Bonchev–Trinajstić information content (AvgIpc) is 2.42. The molecule has 1 aromatic heterocycles. The van der Waals surface area contributed by atoms with Gasteiger partial charge in [-0.2, -0.15) is 23.4 Å². The Labute approximate surface area is 111 Å². The Morgan fingerprint density at radius 1 is 0.947 bits per heavy atom. The molecule has 1 heterocycles. The molecule has 0 aliphatic heterocycles. The smallest absolute Gasteiger partial charge is 0.166 e. The summed E-state index contributed by atoms with van der Waals surface area (Å²) in [4.78, 5) is 0. The summed E-state index contributed by atoms with van der Waals surface area (Å²) in [7, 11) is 0. The molecule has 0 aliphatic rings. The monoisotopic (exact) mass is 272 g/mol. The van der Waals surface area contributed by atoms with Crippen LogP contribution in [0.2, 0.25) is 0 Å². The second kappa shape index (κ2) is 7.71. The van der Waals surface area contributed by atoms with Crippen LogP contribution in [-0.4, -0.2) is 10.2 Å². The van der Waals surface area contributed by atoms with Crippen LogP contribution in [-0.2, 0) is 6.18 Å². The third kappa shape index (κ3) is 4.19. The zero-order valence-corrected chi connectivity index (χ0v) is 11.8. The summed E-state index contributed by atoms with van der Waals surface area (Å²) in [6.45, 7) is 9.63. The first-order valence-corrected chi connectivity index (χ1v) is 6.28. The van der Waals surface area contributed by atoms with Crippen LogP contribution in [0.25, 0.3) is 10.8 Å². The molecule has 0 spiro atoms. The van der Waals surface area contributed by atoms with Gasteiger partial charge in [0.05, 0.1) is 17.5 Å². The second-order valence-electron chi connectivity index (χ2n) is 3.19. The normalized spacial score (nSPS) is 10.1. The van der Waals surface area contributed by atoms with Crippen molar-refractivity contribution in [2.75, 3.05) is 0 Å². The summed E-state index contributed by atoms with van der Waals surface area (Å²) in [6, 6.07) is 4.03. The summed E-state index contributed by atoms with van der Waals surface area (Å²) in [5.41, 5.74) is -0.170. The average molecular weight is 272 g/mol. The molecule has 0 atom stereocenters. The number of hydrogen-bond donors (Lipinski definition) is 0. The van der Waals surface area contributed by atoms with Gasteiger partial charge in [0.1, 0.15) is 0 Å². The fourth-order valence-corrected chi connectivity index (χ4v) is 1.49. The molecule has 5 heteroatoms. The van der Waals surface area contributed by atoms with Gasteiger partial charge in [-0.15, -0.1) is 0 Å². The van der Waals surface area contributed by atoms with Gasteiger partial charge in [0.2, 0.25) is 0 Å². The lowest BCUT2D eigenvalue weighted by atomic mass is 10.1. The summed E-state index contributed by atoms with van der Waals surface area (Å²) in [5.74, 6) is 0. The van der Waals surface area contributed by atoms with Crippen molar-refractivity contribution < 1.29 is 13.2 Å². The first-order chi connectivity index (χ1) is 9.00. The minimum atomic E-state index is -4.35. The van der Waals surface area contributed by atoms with Gasteiger partial charge >= 0.3 is 6.18 Å². The number of aromatic nitrogens is 2. The Balaban J connectivity index is 0.000000741. The number of alkyl halides is 3. The second-order valence-corrected chi connectivity index (χ2v) is 3.19. The molecule has 2 rings (SSSR count). The molecule has 0 fully saturated rings. The SMILES string of the molecule is CC.CC.Cc1nncc2c(C(F)(F)F)cccc12. The predicted octanol–water partition coefficient (Wildman–Crippen LogP) is 5.01. The van der Waals surface area contributed by atoms with Crippen LogP contribution in [0.4, 0.5) is 13.2 Å². The van der Waals surface area contributed by atoms with Gasteiger partial charge in [-0.05, 0) is 13.0 Å². The fraction of sp³-hybridized carbons (Fsp3) is 0.429. The zero-order chi connectivity index (χ0) is 15.1. The van der Waals surface area contributed by atoms with E-state index in [0.717, 1.165) is 12.3 Å². The molecule has 0 saturated carbocycles. The maximum absolute atomic E-state index is 12.6. The van der Waals surface area contributed by atoms with Gasteiger partial charge in [-0.1, -0.05) is 39.8 Å². The Bertz CT molecular complexity index is 508. The highest BCUT2D eigenvalue weighted by molar-refractivity contribution is 5.86. The number of aryl methyl sites for hydroxylation is 1. The third-order valence-electron chi connectivity index (χ3n) is 2.20. The highest BCUT2D eigenvalue weighted by Crippen LogP contribution is 2.34. The van der Waals surface area contributed by atoms with E-state index in [4.69, 9.17) is 0 Å². The van der Waals surface area contributed by atoms with E-state index < -0.39 is 11.7 Å². The van der Waals surface area contributed by atoms with E-state index in [1.165, 1.54) is 6.07 Å². The van der Waals surface area contributed by atoms with Crippen molar-refractivity contribution in [3.05, 3.63) is 35.7 Å². The number of hydrogen-bond acceptors (Lipinski definition) is 2. The van der Waals surface area contributed by atoms with Gasteiger partial charge in [-0.3, -0.25) is 0 Å². The predicted molar refractivity (Wildman–Crippen MR) is 72.0 cm³/mol. The standard InChI is InChI=1S/C10H7F3N2.2C2H6/c1-6-7-3-2-4-9(10(11,12)13)8(7)5-14-15-6;2*1-2/h2-5H,1H3;2*1-2H3. The Kier molecular flexibility index (Phi) is 7.04. The minimum Gasteiger partial charge on any atom is -0.166 e. The Morgan fingerprint density at radius 2 is 1.53 bits per heavy atom. The maximum Gasteiger partial charge on any atom is 0.417 e. The lowest BCUT2D eigenvalue weighted by molar-refractivity contribution is -0.136. The fourth-order valence-electron chi connectivity index (χ4n) is 1.49. The van der Waals surface area contributed by atoms with Crippen LogP contribution in [0, 0.1) is 6.92 Å². The number of halogens is 3. The number of rotatable bonds is 0. The molecule has 0 saturated heterocycles. The molecule has 1 aromatic carbocycles. The maximum atomic E-state index is 12.6. The third-order valence-corrected chi connectivity index (χ3v) is 2.20. The van der Waals surface area contributed by atoms with Crippen LogP contribution < -0.4 is 0 Å². The molecular weight excluding hydrogens is 253 g/mol. The minimum absolute atomic E-state index is 0.0949. The molecule has 0 N–H and O–H groups in total. The van der Waals surface area contributed by atoms with Gasteiger partial charge in [0.15, 0.2) is 0 Å². The van der Waals surface area contributed by atoms with Gasteiger partial charge < -0.3 is 0 Å². The molecule has 0 amide bonds. The molecule has 106 valence electrons. The van der Waals surface area contributed by atoms with E-state index in [1.54, 1.807) is 13.0 Å². The first kappa shape index (κ1) is 17.4. The van der Waals surface area contributed by atoms with Crippen molar-refractivity contribution in [3.63, 3.8) is 0 Å². The molecule has 2 aromatic rings. The van der Waals surface area contributed by atoms with Crippen molar-refractivity contribution in [3.8, 4) is 0 Å². The van der Waals surface area contributed by atoms with Gasteiger partial charge in [0.25, 0.3) is 0 Å². The van der Waals surface area contributed by atoms with Crippen LogP contribution in [0.5, 0.6) is 0 Å². The molecule has 0 aliphatic carbocycles. The van der Waals surface area contributed by atoms with Crippen LogP contribution >= 0.6 is 0 Å². The lowest BCUT2D eigenvalue weighted by Crippen LogP contribution is -2.06. The van der Waals surface area contributed by atoms with E-state index in [9.17, 15) is 13.2 Å². The molecule has 2 nitrogen and oxygen atoms in total. The molecular formula is C14H19F3N2. The van der Waals surface area contributed by atoms with Crippen LogP contribution in [0.3, 0.4) is 0 Å². The van der Waals surface area contributed by atoms with E-state index in [2.05, 4.69) is 10.2 Å². The van der Waals surface area contributed by atoms with Crippen molar-refractivity contribution in [1.82, 2.24) is 10.2 Å². The molecule has 0 radical (unpaired) electrons. The summed E-state index contributed by atoms with van der Waals surface area (Å²) in [5, 5.41) is 7.83.